The summed E-state index contributed by atoms with van der Waals surface area (Å²) in [6, 6.07) is 0. The molecule has 4 aliphatic carbocycles. The molecule has 27 atom stereocenters. The van der Waals surface area contributed by atoms with Crippen molar-refractivity contribution >= 4 is 10.4 Å². The first-order chi connectivity index (χ1) is 33.0. The van der Waals surface area contributed by atoms with Crippen LogP contribution in [0.5, 0.6) is 0 Å². The Kier molecular flexibility index (Phi) is 14.5. The Balaban J connectivity index is 0.994. The summed E-state index contributed by atoms with van der Waals surface area (Å²) in [4.78, 5) is 0. The van der Waals surface area contributed by atoms with Gasteiger partial charge in [-0.15, -0.1) is 0 Å². The number of ether oxygens (including phenoxy) is 8. The summed E-state index contributed by atoms with van der Waals surface area (Å²) in [6.45, 7) is 18.0. The van der Waals surface area contributed by atoms with Crippen molar-refractivity contribution in [2.75, 3.05) is 19.8 Å². The Bertz CT molecular complexity index is 2080. The molecule has 9 aliphatic rings. The maximum atomic E-state index is 12.4. The third kappa shape index (κ3) is 8.64. The van der Waals surface area contributed by atoms with Gasteiger partial charge < -0.3 is 89.0 Å². The average Bonchev–Trinajstić information content (AvgIpc) is 3.82. The van der Waals surface area contributed by atoms with Crippen molar-refractivity contribution in [1.82, 2.24) is 0 Å². The molecule has 5 aliphatic heterocycles. The van der Waals surface area contributed by atoms with E-state index in [1.165, 1.54) is 0 Å². The van der Waals surface area contributed by atoms with Crippen LogP contribution in [0.3, 0.4) is 0 Å². The molecule has 71 heavy (non-hydrogen) atoms. The van der Waals surface area contributed by atoms with Gasteiger partial charge in [0.2, 0.25) is 0 Å². The van der Waals surface area contributed by atoms with E-state index in [2.05, 4.69) is 45.4 Å². The average molecular weight is 1040 g/mol. The number of hydrogen-bond acceptors (Lipinski definition) is 21. The largest absolute Gasteiger partial charge is 0.397 e. The molecule has 5 heterocycles. The van der Waals surface area contributed by atoms with Crippen molar-refractivity contribution in [3.05, 3.63) is 12.2 Å². The highest BCUT2D eigenvalue weighted by Crippen LogP contribution is 2.80. The number of hydrogen-bond donors (Lipinski definition) is 11. The Morgan fingerprint density at radius 3 is 2.01 bits per heavy atom. The SMILES string of the molecule is C=C(C)[C@@H](C)[C@@H]1C[C@](C)(O)C2[C@H]3CC[C@@H]4[C@@]5(C)CC[C@H](OC6O[C@H](CO)[C@@H](O)[C@H](OC7O[C@H](CO)[C@@H](OS(=O)(=O)O)[C@H](O)[C@H]7O)[C@H]6OC6O[C@H](O)[C@@H](O)[C@H](O)[C@H]6O)C(C)(C)[C@@H]5CC[C@@]4(C)[C@@]34CO[C@@]2(C4)O1. The summed E-state index contributed by atoms with van der Waals surface area (Å²) in [6.07, 6.45) is -23.5. The molecular weight excluding hydrogens is 961 g/mol. The van der Waals surface area contributed by atoms with E-state index in [1.54, 1.807) is 0 Å². The molecule has 11 N–H and O–H groups in total. The summed E-state index contributed by atoms with van der Waals surface area (Å²) in [7, 11) is -5.24. The van der Waals surface area contributed by atoms with E-state index in [9.17, 15) is 64.0 Å². The molecule has 0 amide bonds. The predicted octanol–water partition coefficient (Wildman–Crippen LogP) is -0.642. The van der Waals surface area contributed by atoms with Crippen LogP contribution < -0.4 is 0 Å². The summed E-state index contributed by atoms with van der Waals surface area (Å²) < 4.78 is 87.5. The fourth-order valence-corrected chi connectivity index (χ4v) is 16.7. The Morgan fingerprint density at radius 1 is 0.732 bits per heavy atom. The van der Waals surface area contributed by atoms with Crippen LogP contribution in [0.2, 0.25) is 0 Å². The highest BCUT2D eigenvalue weighted by atomic mass is 32.3. The zero-order valence-electron chi connectivity index (χ0n) is 41.5. The number of aliphatic hydroxyl groups excluding tert-OH is 9. The molecule has 9 rings (SSSR count). The van der Waals surface area contributed by atoms with Crippen LogP contribution in [-0.2, 0) is 52.5 Å². The van der Waals surface area contributed by atoms with E-state index in [4.69, 9.17) is 37.9 Å². The van der Waals surface area contributed by atoms with Crippen LogP contribution in [-0.4, -0.2) is 200 Å². The topological polar surface area (TPSA) is 340 Å². The van der Waals surface area contributed by atoms with Crippen LogP contribution >= 0.6 is 0 Å². The van der Waals surface area contributed by atoms with Crippen LogP contribution in [0.1, 0.15) is 99.8 Å². The molecule has 5 saturated heterocycles. The first-order valence-electron chi connectivity index (χ1n) is 25.3. The molecule has 408 valence electrons. The maximum Gasteiger partial charge on any atom is 0.397 e. The standard InChI is InChI=1S/C48H78O22S/c1-20(2)21(3)23-15-46(8,58)38-22-9-10-27-44(6)13-12-28(43(4,5)26(44)11-14-45(27,7)47(22)18-48(38,69-23)62-19-47)65-42-37(67-41-33(55)30(52)32(54)39(57)68-41)36(29(51)24(16-49)63-42)66-40-34(56)31(53)35(25(17-50)64-40)70-71(59,60)61/h21-42,49-58H,1,9-19H2,2-8H3,(H,59,60,61)/t21-,22-,23+,24-,25-,26+,27-,28+,29-,30+,31-,32+,33-,34-,35-,36+,37-,38?,39+,40?,41?,42?,44+,45-,46+,47+,48+/m1/s1. The minimum Gasteiger partial charge on any atom is -0.394 e. The van der Waals surface area contributed by atoms with Gasteiger partial charge in [-0.05, 0) is 86.4 Å². The van der Waals surface area contributed by atoms with E-state index in [-0.39, 0.29) is 51.9 Å². The summed E-state index contributed by atoms with van der Waals surface area (Å²) in [5, 5.41) is 109. The van der Waals surface area contributed by atoms with E-state index >= 15 is 0 Å². The molecular formula is C48H78O22S. The molecule has 9 fully saturated rings. The Hall–Kier alpha value is -1.11. The quantitative estimate of drug-likeness (QED) is 0.0658. The molecule has 0 aromatic heterocycles. The van der Waals surface area contributed by atoms with Gasteiger partial charge in [0.15, 0.2) is 30.9 Å². The normalized spacial score (nSPS) is 55.1. The number of aliphatic hydroxyl groups is 10. The van der Waals surface area contributed by atoms with Crippen molar-refractivity contribution in [1.29, 1.82) is 0 Å². The lowest BCUT2D eigenvalue weighted by Gasteiger charge is -2.70. The van der Waals surface area contributed by atoms with Gasteiger partial charge in [-0.1, -0.05) is 46.8 Å². The monoisotopic (exact) mass is 1040 g/mol. The summed E-state index contributed by atoms with van der Waals surface area (Å²) in [5.41, 5.74) is -1.22. The van der Waals surface area contributed by atoms with Crippen molar-refractivity contribution in [3.8, 4) is 0 Å². The van der Waals surface area contributed by atoms with E-state index in [1.807, 2.05) is 13.8 Å². The lowest BCUT2D eigenvalue weighted by atomic mass is 9.35. The van der Waals surface area contributed by atoms with Crippen LogP contribution in [0.15, 0.2) is 12.2 Å². The Labute approximate surface area is 414 Å². The van der Waals surface area contributed by atoms with Crippen LogP contribution in [0.25, 0.3) is 0 Å². The lowest BCUT2D eigenvalue weighted by Crippen LogP contribution is -2.69. The van der Waals surface area contributed by atoms with Gasteiger partial charge in [-0.25, -0.2) is 4.18 Å². The predicted molar refractivity (Wildman–Crippen MR) is 241 cm³/mol. The number of rotatable bonds is 12. The van der Waals surface area contributed by atoms with Gasteiger partial charge in [0.05, 0.1) is 37.6 Å². The second kappa shape index (κ2) is 18.8. The molecule has 23 heteroatoms. The third-order valence-corrected chi connectivity index (χ3v) is 20.3. The van der Waals surface area contributed by atoms with Gasteiger partial charge in [0, 0.05) is 30.1 Å². The minimum absolute atomic E-state index is 0.0386. The third-order valence-electron chi connectivity index (χ3n) is 19.9. The molecule has 22 nitrogen and oxygen atoms in total. The molecule has 2 bridgehead atoms. The maximum absolute atomic E-state index is 12.4. The first kappa shape index (κ1) is 54.7. The van der Waals surface area contributed by atoms with E-state index in [0.717, 1.165) is 37.7 Å². The second-order valence-corrected chi connectivity index (χ2v) is 25.0. The molecule has 4 unspecified atom stereocenters. The molecule has 4 saturated carbocycles. The molecule has 0 aromatic rings. The lowest BCUT2D eigenvalue weighted by molar-refractivity contribution is -0.408. The van der Waals surface area contributed by atoms with Gasteiger partial charge >= 0.3 is 10.4 Å². The van der Waals surface area contributed by atoms with Crippen molar-refractivity contribution in [3.63, 3.8) is 0 Å². The first-order valence-corrected chi connectivity index (χ1v) is 26.6. The zero-order valence-corrected chi connectivity index (χ0v) is 42.3. The fourth-order valence-electron chi connectivity index (χ4n) is 16.2. The Morgan fingerprint density at radius 2 is 1.37 bits per heavy atom. The van der Waals surface area contributed by atoms with Gasteiger partial charge in [-0.2, -0.15) is 8.42 Å². The second-order valence-electron chi connectivity index (χ2n) is 24.0. The highest BCUT2D eigenvalue weighted by molar-refractivity contribution is 7.80. The summed E-state index contributed by atoms with van der Waals surface area (Å²) in [5.74, 6) is -0.497. The minimum atomic E-state index is -5.24. The number of fused-ring (bicyclic) bond motifs is 4. The van der Waals surface area contributed by atoms with Gasteiger partial charge in [0.25, 0.3) is 0 Å². The van der Waals surface area contributed by atoms with Crippen molar-refractivity contribution < 1.29 is 106 Å². The fraction of sp³-hybridized carbons (Fsp3) is 0.958. The van der Waals surface area contributed by atoms with Gasteiger partial charge in [0.1, 0.15) is 67.1 Å². The zero-order chi connectivity index (χ0) is 51.9. The van der Waals surface area contributed by atoms with Gasteiger partial charge in [-0.3, -0.25) is 4.55 Å². The smallest absolute Gasteiger partial charge is 0.394 e. The van der Waals surface area contributed by atoms with E-state index in [0.29, 0.717) is 25.9 Å². The van der Waals surface area contributed by atoms with Crippen molar-refractivity contribution in [2.24, 2.45) is 51.2 Å². The van der Waals surface area contributed by atoms with Crippen LogP contribution in [0, 0.1) is 51.2 Å². The van der Waals surface area contributed by atoms with Crippen LogP contribution in [0.4, 0.5) is 0 Å². The van der Waals surface area contributed by atoms with Crippen molar-refractivity contribution in [2.45, 2.75) is 216 Å². The molecule has 2 spiro atoms. The summed E-state index contributed by atoms with van der Waals surface area (Å²) >= 11 is 0. The van der Waals surface area contributed by atoms with E-state index < -0.39 is 139 Å². The molecule has 0 radical (unpaired) electrons. The highest BCUT2D eigenvalue weighted by Gasteiger charge is 2.81. The molecule has 0 aromatic carbocycles.